The Labute approximate surface area is 129 Å². The summed E-state index contributed by atoms with van der Waals surface area (Å²) in [6, 6.07) is 1.79. The maximum absolute atomic E-state index is 12.2. The molecule has 0 aromatic carbocycles. The number of likely N-dealkylation sites (tertiary alicyclic amines) is 1. The van der Waals surface area contributed by atoms with E-state index in [2.05, 4.69) is 20.2 Å². The second-order valence-corrected chi connectivity index (χ2v) is 5.95. The predicted octanol–water partition coefficient (Wildman–Crippen LogP) is 0.184. The summed E-state index contributed by atoms with van der Waals surface area (Å²) < 4.78 is 0. The van der Waals surface area contributed by atoms with Crippen molar-refractivity contribution in [1.82, 2.24) is 20.2 Å². The van der Waals surface area contributed by atoms with Crippen molar-refractivity contribution in [3.63, 3.8) is 0 Å². The fraction of sp³-hybridized carbons (Fsp3) is 0.600. The highest BCUT2D eigenvalue weighted by Crippen LogP contribution is 2.38. The standard InChI is InChI=1S/C15H21N5O2/c1-16-12(21)10-20-13(22)4-6-15(20)5-2-9-19(11-15)14-17-7-3-8-18-14/h3,7-8H,2,4-6,9-11H2,1H3,(H,16,21). The minimum absolute atomic E-state index is 0.0689. The molecule has 0 bridgehead atoms. The molecule has 22 heavy (non-hydrogen) atoms. The first-order valence-corrected chi connectivity index (χ1v) is 7.68. The molecule has 0 saturated carbocycles. The van der Waals surface area contributed by atoms with Gasteiger partial charge in [-0.3, -0.25) is 9.59 Å². The molecule has 2 aliphatic heterocycles. The lowest BCUT2D eigenvalue weighted by atomic mass is 9.86. The fourth-order valence-electron chi connectivity index (χ4n) is 3.51. The van der Waals surface area contributed by atoms with Crippen LogP contribution in [0, 0.1) is 0 Å². The number of amides is 2. The molecule has 2 amide bonds. The molecule has 1 aromatic rings. The topological polar surface area (TPSA) is 78.4 Å². The van der Waals surface area contributed by atoms with E-state index >= 15 is 0 Å². The van der Waals surface area contributed by atoms with E-state index in [0.29, 0.717) is 18.9 Å². The first kappa shape index (κ1) is 14.7. The summed E-state index contributed by atoms with van der Waals surface area (Å²) in [6.45, 7) is 1.71. The number of rotatable bonds is 3. The minimum atomic E-state index is -0.263. The molecule has 3 heterocycles. The zero-order chi connectivity index (χ0) is 15.6. The Balaban J connectivity index is 1.81. The van der Waals surface area contributed by atoms with Gasteiger partial charge in [-0.15, -0.1) is 0 Å². The normalized spacial score (nSPS) is 24.9. The van der Waals surface area contributed by atoms with Crippen molar-refractivity contribution in [2.45, 2.75) is 31.2 Å². The van der Waals surface area contributed by atoms with Crippen molar-refractivity contribution in [2.75, 3.05) is 31.6 Å². The van der Waals surface area contributed by atoms with Gasteiger partial charge in [0.2, 0.25) is 17.8 Å². The van der Waals surface area contributed by atoms with Gasteiger partial charge in [-0.05, 0) is 25.3 Å². The summed E-state index contributed by atoms with van der Waals surface area (Å²) in [4.78, 5) is 36.5. The van der Waals surface area contributed by atoms with E-state index in [9.17, 15) is 9.59 Å². The Morgan fingerprint density at radius 1 is 1.36 bits per heavy atom. The van der Waals surface area contributed by atoms with Gasteiger partial charge in [0.1, 0.15) is 6.54 Å². The molecule has 1 spiro atoms. The van der Waals surface area contributed by atoms with Crippen molar-refractivity contribution < 1.29 is 9.59 Å². The summed E-state index contributed by atoms with van der Waals surface area (Å²) in [7, 11) is 1.60. The van der Waals surface area contributed by atoms with Gasteiger partial charge in [0, 0.05) is 39.0 Å². The molecule has 3 rings (SSSR count). The molecular formula is C15H21N5O2. The molecule has 118 valence electrons. The highest BCUT2D eigenvalue weighted by molar-refractivity contribution is 5.86. The van der Waals surface area contributed by atoms with Crippen LogP contribution in [0.25, 0.3) is 0 Å². The van der Waals surface area contributed by atoms with E-state index in [4.69, 9.17) is 0 Å². The number of carbonyl (C=O) groups is 2. The van der Waals surface area contributed by atoms with E-state index in [0.717, 1.165) is 25.8 Å². The molecule has 1 N–H and O–H groups in total. The summed E-state index contributed by atoms with van der Waals surface area (Å²) in [5.41, 5.74) is -0.263. The molecule has 7 nitrogen and oxygen atoms in total. The van der Waals surface area contributed by atoms with Gasteiger partial charge < -0.3 is 15.1 Å². The number of hydrogen-bond acceptors (Lipinski definition) is 5. The van der Waals surface area contributed by atoms with Crippen LogP contribution in [0.2, 0.25) is 0 Å². The fourth-order valence-corrected chi connectivity index (χ4v) is 3.51. The van der Waals surface area contributed by atoms with Gasteiger partial charge in [-0.1, -0.05) is 0 Å². The Morgan fingerprint density at radius 3 is 2.86 bits per heavy atom. The van der Waals surface area contributed by atoms with Crippen molar-refractivity contribution in [2.24, 2.45) is 0 Å². The predicted molar refractivity (Wildman–Crippen MR) is 81.2 cm³/mol. The van der Waals surface area contributed by atoms with Crippen LogP contribution in [0.3, 0.4) is 0 Å². The molecule has 2 saturated heterocycles. The highest BCUT2D eigenvalue weighted by atomic mass is 16.2. The lowest BCUT2D eigenvalue weighted by molar-refractivity contribution is -0.137. The van der Waals surface area contributed by atoms with Crippen LogP contribution < -0.4 is 10.2 Å². The summed E-state index contributed by atoms with van der Waals surface area (Å²) in [6.07, 6.45) is 6.67. The van der Waals surface area contributed by atoms with E-state index in [1.54, 1.807) is 30.4 Å². The van der Waals surface area contributed by atoms with Crippen molar-refractivity contribution in [1.29, 1.82) is 0 Å². The van der Waals surface area contributed by atoms with Crippen molar-refractivity contribution in [3.05, 3.63) is 18.5 Å². The molecule has 0 aliphatic carbocycles. The monoisotopic (exact) mass is 303 g/mol. The van der Waals surface area contributed by atoms with E-state index < -0.39 is 0 Å². The van der Waals surface area contributed by atoms with Gasteiger partial charge in [0.15, 0.2) is 0 Å². The molecule has 1 aromatic heterocycles. The third-order valence-electron chi connectivity index (χ3n) is 4.65. The number of hydrogen-bond donors (Lipinski definition) is 1. The maximum Gasteiger partial charge on any atom is 0.239 e. The second-order valence-electron chi connectivity index (χ2n) is 5.95. The van der Waals surface area contributed by atoms with Gasteiger partial charge >= 0.3 is 0 Å². The molecule has 0 radical (unpaired) electrons. The number of nitrogens with zero attached hydrogens (tertiary/aromatic N) is 4. The largest absolute Gasteiger partial charge is 0.358 e. The lowest BCUT2D eigenvalue weighted by Crippen LogP contribution is -2.58. The average molecular weight is 303 g/mol. The number of likely N-dealkylation sites (N-methyl/N-ethyl adjacent to an activating group) is 1. The summed E-state index contributed by atoms with van der Waals surface area (Å²) >= 11 is 0. The zero-order valence-corrected chi connectivity index (χ0v) is 12.8. The van der Waals surface area contributed by atoms with Crippen LogP contribution in [0.4, 0.5) is 5.95 Å². The zero-order valence-electron chi connectivity index (χ0n) is 12.8. The SMILES string of the molecule is CNC(=O)CN1C(=O)CCC12CCCN(c1ncccn1)C2. The Hall–Kier alpha value is -2.18. The third kappa shape index (κ3) is 2.63. The molecule has 1 atom stereocenters. The highest BCUT2D eigenvalue weighted by Gasteiger charge is 2.48. The second kappa shape index (κ2) is 5.90. The molecular weight excluding hydrogens is 282 g/mol. The maximum atomic E-state index is 12.2. The van der Waals surface area contributed by atoms with E-state index in [1.807, 2.05) is 0 Å². The average Bonchev–Trinajstić information content (AvgIpc) is 2.85. The third-order valence-corrected chi connectivity index (χ3v) is 4.65. The minimum Gasteiger partial charge on any atom is -0.358 e. The van der Waals surface area contributed by atoms with Crippen LogP contribution in [0.5, 0.6) is 0 Å². The Morgan fingerprint density at radius 2 is 2.14 bits per heavy atom. The molecule has 7 heteroatoms. The van der Waals surface area contributed by atoms with Crippen molar-refractivity contribution in [3.8, 4) is 0 Å². The number of anilines is 1. The van der Waals surface area contributed by atoms with Crippen LogP contribution in [-0.2, 0) is 9.59 Å². The van der Waals surface area contributed by atoms with Gasteiger partial charge in [0.25, 0.3) is 0 Å². The molecule has 1 unspecified atom stereocenters. The van der Waals surface area contributed by atoms with E-state index in [1.165, 1.54) is 0 Å². The summed E-state index contributed by atoms with van der Waals surface area (Å²) in [5, 5.41) is 2.61. The summed E-state index contributed by atoms with van der Waals surface area (Å²) in [5.74, 6) is 0.642. The number of nitrogens with one attached hydrogen (secondary N) is 1. The van der Waals surface area contributed by atoms with Gasteiger partial charge in [-0.2, -0.15) is 0 Å². The first-order chi connectivity index (χ1) is 10.6. The van der Waals surface area contributed by atoms with Gasteiger partial charge in [-0.25, -0.2) is 9.97 Å². The Kier molecular flexibility index (Phi) is 3.96. The number of carbonyl (C=O) groups excluding carboxylic acids is 2. The molecule has 2 fully saturated rings. The van der Waals surface area contributed by atoms with Gasteiger partial charge in [0.05, 0.1) is 5.54 Å². The smallest absolute Gasteiger partial charge is 0.239 e. The number of aromatic nitrogens is 2. The molecule has 2 aliphatic rings. The van der Waals surface area contributed by atoms with Crippen LogP contribution in [-0.4, -0.2) is 58.9 Å². The first-order valence-electron chi connectivity index (χ1n) is 7.68. The van der Waals surface area contributed by atoms with Crippen molar-refractivity contribution >= 4 is 17.8 Å². The Bertz CT molecular complexity index is 564. The lowest BCUT2D eigenvalue weighted by Gasteiger charge is -2.45. The van der Waals surface area contributed by atoms with Crippen LogP contribution in [0.15, 0.2) is 18.5 Å². The number of piperidine rings is 1. The quantitative estimate of drug-likeness (QED) is 0.862. The van der Waals surface area contributed by atoms with Crippen LogP contribution in [0.1, 0.15) is 25.7 Å². The van der Waals surface area contributed by atoms with E-state index in [-0.39, 0.29) is 23.9 Å². The van der Waals surface area contributed by atoms with Crippen LogP contribution >= 0.6 is 0 Å².